The number of hydrogen-bond donors (Lipinski definition) is 0. The van der Waals surface area contributed by atoms with Crippen LogP contribution in [0.15, 0.2) is 47.1 Å². The second-order valence-electron chi connectivity index (χ2n) is 5.59. The maximum atomic E-state index is 12.4. The van der Waals surface area contributed by atoms with Gasteiger partial charge in [-0.1, -0.05) is 29.8 Å². The summed E-state index contributed by atoms with van der Waals surface area (Å²) in [5, 5.41) is 8.75. The van der Waals surface area contributed by atoms with E-state index in [1.165, 1.54) is 0 Å². The molecule has 0 fully saturated rings. The third-order valence-electron chi connectivity index (χ3n) is 3.71. The minimum atomic E-state index is -0.151. The third kappa shape index (κ3) is 5.10. The maximum absolute atomic E-state index is 12.4. The van der Waals surface area contributed by atoms with Crippen LogP contribution >= 0.6 is 0 Å². The average molecular weight is 324 g/mol. The number of nitrogens with zero attached hydrogens (tertiary/aromatic N) is 2. The molecule has 0 aliphatic carbocycles. The molecule has 124 valence electrons. The second-order valence-corrected chi connectivity index (χ2v) is 5.59. The Hall–Kier alpha value is -2.87. The SMILES string of the molecule is Cc1ccc(C(=O)CCC(=O)N(CCC#N)Cc2ccco2)cc1. The number of amides is 1. The summed E-state index contributed by atoms with van der Waals surface area (Å²) in [6.45, 7) is 2.60. The molecule has 0 aliphatic heterocycles. The largest absolute Gasteiger partial charge is 0.467 e. The highest BCUT2D eigenvalue weighted by atomic mass is 16.3. The van der Waals surface area contributed by atoms with Gasteiger partial charge in [-0.05, 0) is 19.1 Å². The smallest absolute Gasteiger partial charge is 0.223 e. The zero-order valence-electron chi connectivity index (χ0n) is 13.7. The Kier molecular flexibility index (Phi) is 6.32. The minimum absolute atomic E-state index is 0.0541. The number of furan rings is 1. The molecular weight excluding hydrogens is 304 g/mol. The van der Waals surface area contributed by atoms with E-state index in [1.54, 1.807) is 35.4 Å². The van der Waals surface area contributed by atoms with E-state index >= 15 is 0 Å². The molecular formula is C19H20N2O3. The number of carbonyl (C=O) groups is 2. The molecule has 2 rings (SSSR count). The molecule has 0 radical (unpaired) electrons. The molecule has 0 saturated carbocycles. The Morgan fingerprint density at radius 2 is 1.92 bits per heavy atom. The van der Waals surface area contributed by atoms with Crippen molar-refractivity contribution in [3.05, 3.63) is 59.5 Å². The van der Waals surface area contributed by atoms with E-state index in [-0.39, 0.29) is 31.0 Å². The zero-order valence-corrected chi connectivity index (χ0v) is 13.7. The van der Waals surface area contributed by atoms with Gasteiger partial charge in [0.2, 0.25) is 5.91 Å². The topological polar surface area (TPSA) is 74.3 Å². The van der Waals surface area contributed by atoms with Gasteiger partial charge in [-0.15, -0.1) is 0 Å². The fourth-order valence-corrected chi connectivity index (χ4v) is 2.33. The summed E-state index contributed by atoms with van der Waals surface area (Å²) in [4.78, 5) is 26.1. The molecule has 1 amide bonds. The van der Waals surface area contributed by atoms with Crippen LogP contribution in [0.2, 0.25) is 0 Å². The van der Waals surface area contributed by atoms with Crippen LogP contribution in [0.25, 0.3) is 0 Å². The summed E-state index contributed by atoms with van der Waals surface area (Å²) < 4.78 is 5.26. The van der Waals surface area contributed by atoms with Gasteiger partial charge >= 0.3 is 0 Å². The maximum Gasteiger partial charge on any atom is 0.223 e. The summed E-state index contributed by atoms with van der Waals surface area (Å²) >= 11 is 0. The lowest BCUT2D eigenvalue weighted by atomic mass is 10.0. The summed E-state index contributed by atoms with van der Waals surface area (Å²) in [5.74, 6) is 0.454. The van der Waals surface area contributed by atoms with Crippen LogP contribution in [0.5, 0.6) is 0 Å². The molecule has 0 atom stereocenters. The van der Waals surface area contributed by atoms with E-state index in [4.69, 9.17) is 9.68 Å². The fourth-order valence-electron chi connectivity index (χ4n) is 2.33. The molecule has 0 unspecified atom stereocenters. The van der Waals surface area contributed by atoms with Crippen molar-refractivity contribution in [1.29, 1.82) is 5.26 Å². The van der Waals surface area contributed by atoms with Crippen LogP contribution in [0.4, 0.5) is 0 Å². The van der Waals surface area contributed by atoms with E-state index in [2.05, 4.69) is 0 Å². The number of carbonyl (C=O) groups excluding carboxylic acids is 2. The standard InChI is InChI=1S/C19H20N2O3/c1-15-5-7-16(8-6-15)18(22)9-10-19(23)21(12-3-11-20)14-17-4-2-13-24-17/h2,4-8,13H,3,9-10,12,14H2,1H3. The lowest BCUT2D eigenvalue weighted by Gasteiger charge is -2.20. The van der Waals surface area contributed by atoms with Gasteiger partial charge in [-0.2, -0.15) is 5.26 Å². The Bertz CT molecular complexity index is 712. The van der Waals surface area contributed by atoms with Crippen molar-refractivity contribution < 1.29 is 14.0 Å². The lowest BCUT2D eigenvalue weighted by Crippen LogP contribution is -2.31. The Morgan fingerprint density at radius 3 is 2.54 bits per heavy atom. The van der Waals surface area contributed by atoms with E-state index in [0.717, 1.165) is 5.56 Å². The molecule has 5 nitrogen and oxygen atoms in total. The molecule has 0 N–H and O–H groups in total. The Balaban J connectivity index is 1.92. The fraction of sp³-hybridized carbons (Fsp3) is 0.316. The van der Waals surface area contributed by atoms with Crippen LogP contribution in [0, 0.1) is 18.3 Å². The Morgan fingerprint density at radius 1 is 1.17 bits per heavy atom. The van der Waals surface area contributed by atoms with Gasteiger partial charge in [-0.3, -0.25) is 9.59 Å². The van der Waals surface area contributed by atoms with Crippen molar-refractivity contribution in [2.45, 2.75) is 32.7 Å². The van der Waals surface area contributed by atoms with Crippen molar-refractivity contribution in [3.8, 4) is 6.07 Å². The van der Waals surface area contributed by atoms with Gasteiger partial charge in [0.1, 0.15) is 5.76 Å². The number of aryl methyl sites for hydroxylation is 1. The molecule has 0 bridgehead atoms. The normalized spacial score (nSPS) is 10.2. The molecule has 5 heteroatoms. The highest BCUT2D eigenvalue weighted by molar-refractivity contribution is 5.97. The lowest BCUT2D eigenvalue weighted by molar-refractivity contribution is -0.132. The number of rotatable bonds is 8. The van der Waals surface area contributed by atoms with Crippen molar-refractivity contribution >= 4 is 11.7 Å². The van der Waals surface area contributed by atoms with Gasteiger partial charge in [0, 0.05) is 24.9 Å². The van der Waals surface area contributed by atoms with Crippen molar-refractivity contribution in [1.82, 2.24) is 4.90 Å². The van der Waals surface area contributed by atoms with E-state index in [9.17, 15) is 9.59 Å². The highest BCUT2D eigenvalue weighted by Gasteiger charge is 2.17. The quantitative estimate of drug-likeness (QED) is 0.697. The first-order valence-electron chi connectivity index (χ1n) is 7.87. The summed E-state index contributed by atoms with van der Waals surface area (Å²) in [6.07, 6.45) is 2.07. The second kappa shape index (κ2) is 8.68. The summed E-state index contributed by atoms with van der Waals surface area (Å²) in [7, 11) is 0. The van der Waals surface area contributed by atoms with Gasteiger partial charge < -0.3 is 9.32 Å². The molecule has 1 aromatic heterocycles. The molecule has 0 saturated heterocycles. The number of ketones is 1. The van der Waals surface area contributed by atoms with Gasteiger partial charge in [-0.25, -0.2) is 0 Å². The van der Waals surface area contributed by atoms with Crippen LogP contribution in [0.3, 0.4) is 0 Å². The van der Waals surface area contributed by atoms with Crippen LogP contribution < -0.4 is 0 Å². The highest BCUT2D eigenvalue weighted by Crippen LogP contribution is 2.11. The van der Waals surface area contributed by atoms with Crippen molar-refractivity contribution in [2.24, 2.45) is 0 Å². The Labute approximate surface area is 141 Å². The van der Waals surface area contributed by atoms with E-state index in [1.807, 2.05) is 25.1 Å². The third-order valence-corrected chi connectivity index (χ3v) is 3.71. The summed E-state index contributed by atoms with van der Waals surface area (Å²) in [5.41, 5.74) is 1.70. The van der Waals surface area contributed by atoms with Gasteiger partial charge in [0.05, 0.1) is 25.3 Å². The molecule has 0 spiro atoms. The molecule has 0 aliphatic rings. The van der Waals surface area contributed by atoms with Crippen molar-refractivity contribution in [3.63, 3.8) is 0 Å². The molecule has 2 aromatic rings. The number of hydrogen-bond acceptors (Lipinski definition) is 4. The average Bonchev–Trinajstić information content (AvgIpc) is 3.10. The summed E-state index contributed by atoms with van der Waals surface area (Å²) in [6, 6.07) is 12.9. The van der Waals surface area contributed by atoms with Gasteiger partial charge in [0.25, 0.3) is 0 Å². The first-order valence-corrected chi connectivity index (χ1v) is 7.87. The van der Waals surface area contributed by atoms with Crippen molar-refractivity contribution in [2.75, 3.05) is 6.54 Å². The number of Topliss-reactive ketones (excluding diaryl/α,β-unsaturated/α-hetero) is 1. The molecule has 1 heterocycles. The zero-order chi connectivity index (χ0) is 17.4. The van der Waals surface area contributed by atoms with E-state index < -0.39 is 0 Å². The van der Waals surface area contributed by atoms with E-state index in [0.29, 0.717) is 24.4 Å². The molecule has 1 aromatic carbocycles. The molecule has 24 heavy (non-hydrogen) atoms. The monoisotopic (exact) mass is 324 g/mol. The first-order chi connectivity index (χ1) is 11.6. The predicted octanol–water partition coefficient (Wildman–Crippen LogP) is 3.49. The van der Waals surface area contributed by atoms with Crippen LogP contribution in [-0.2, 0) is 11.3 Å². The number of nitriles is 1. The minimum Gasteiger partial charge on any atom is -0.467 e. The first kappa shape index (κ1) is 17.5. The van der Waals surface area contributed by atoms with Crippen LogP contribution in [0.1, 0.15) is 40.9 Å². The van der Waals surface area contributed by atoms with Crippen LogP contribution in [-0.4, -0.2) is 23.1 Å². The predicted molar refractivity (Wildman–Crippen MR) is 89.1 cm³/mol. The number of benzene rings is 1. The van der Waals surface area contributed by atoms with Gasteiger partial charge in [0.15, 0.2) is 5.78 Å².